The zero-order valence-corrected chi connectivity index (χ0v) is 10.8. The molecule has 2 atom stereocenters. The Kier molecular flexibility index (Phi) is 2.83. The Labute approximate surface area is 104 Å². The number of benzene rings is 1. The summed E-state index contributed by atoms with van der Waals surface area (Å²) >= 11 is 0. The molecule has 1 aliphatic heterocycles. The highest BCUT2D eigenvalue weighted by Crippen LogP contribution is 2.36. The van der Waals surface area contributed by atoms with Gasteiger partial charge in [0.15, 0.2) is 0 Å². The van der Waals surface area contributed by atoms with Gasteiger partial charge in [0.05, 0.1) is 0 Å². The van der Waals surface area contributed by atoms with Crippen molar-refractivity contribution in [2.75, 3.05) is 18.5 Å². The second-order valence-corrected chi connectivity index (χ2v) is 5.57. The summed E-state index contributed by atoms with van der Waals surface area (Å²) in [6, 6.07) is 10.2. The quantitative estimate of drug-likeness (QED) is 0.854. The fourth-order valence-electron chi connectivity index (χ4n) is 3.09. The Bertz CT molecular complexity index is 398. The maximum atomic E-state index is 3.50. The molecule has 1 N–H and O–H groups in total. The molecule has 1 aliphatic carbocycles. The second-order valence-electron chi connectivity index (χ2n) is 5.57. The topological polar surface area (TPSA) is 15.3 Å². The van der Waals surface area contributed by atoms with Crippen molar-refractivity contribution in [3.8, 4) is 0 Å². The summed E-state index contributed by atoms with van der Waals surface area (Å²) < 4.78 is 0. The normalized spacial score (nSPS) is 24.8. The van der Waals surface area contributed by atoms with E-state index < -0.39 is 0 Å². The molecule has 92 valence electrons. The summed E-state index contributed by atoms with van der Waals surface area (Å²) in [6.45, 7) is 3.51. The van der Waals surface area contributed by atoms with Crippen LogP contribution in [0, 0.1) is 5.92 Å². The summed E-state index contributed by atoms with van der Waals surface area (Å²) in [5, 5.41) is 3.50. The minimum absolute atomic E-state index is 0.655. The number of hydrogen-bond donors (Lipinski definition) is 1. The van der Waals surface area contributed by atoms with Gasteiger partial charge >= 0.3 is 0 Å². The number of nitrogens with zero attached hydrogens (tertiary/aromatic N) is 1. The summed E-state index contributed by atoms with van der Waals surface area (Å²) in [7, 11) is 2.11. The lowest BCUT2D eigenvalue weighted by Gasteiger charge is -2.29. The Morgan fingerprint density at radius 2 is 2.12 bits per heavy atom. The second kappa shape index (κ2) is 4.34. The number of likely N-dealkylation sites (N-methyl/N-ethyl adjacent to an activating group) is 1. The van der Waals surface area contributed by atoms with E-state index in [9.17, 15) is 0 Å². The molecule has 1 aromatic rings. The maximum absolute atomic E-state index is 3.50. The molecular formula is C15H22N2. The monoisotopic (exact) mass is 230 g/mol. The number of rotatable bonds is 4. The summed E-state index contributed by atoms with van der Waals surface area (Å²) in [4.78, 5) is 2.59. The summed E-state index contributed by atoms with van der Waals surface area (Å²) in [6.07, 6.45) is 4.03. The van der Waals surface area contributed by atoms with Crippen molar-refractivity contribution >= 4 is 5.69 Å². The molecule has 1 saturated carbocycles. The van der Waals surface area contributed by atoms with Crippen LogP contribution in [-0.2, 0) is 6.42 Å². The minimum Gasteiger partial charge on any atom is -0.367 e. The molecular weight excluding hydrogens is 208 g/mol. The highest BCUT2D eigenvalue weighted by Gasteiger charge is 2.34. The molecule has 0 aromatic heterocycles. The van der Waals surface area contributed by atoms with E-state index in [0.717, 1.165) is 5.92 Å². The zero-order valence-electron chi connectivity index (χ0n) is 10.8. The van der Waals surface area contributed by atoms with Gasteiger partial charge in [0.1, 0.15) is 0 Å². The van der Waals surface area contributed by atoms with Gasteiger partial charge in [-0.25, -0.2) is 0 Å². The summed E-state index contributed by atoms with van der Waals surface area (Å²) in [5.74, 6) is 0.917. The van der Waals surface area contributed by atoms with E-state index in [1.165, 1.54) is 37.1 Å². The van der Waals surface area contributed by atoms with Gasteiger partial charge in [-0.2, -0.15) is 0 Å². The van der Waals surface area contributed by atoms with Gasteiger partial charge in [0.25, 0.3) is 0 Å². The van der Waals surface area contributed by atoms with Gasteiger partial charge in [-0.15, -0.1) is 0 Å². The molecule has 17 heavy (non-hydrogen) atoms. The van der Waals surface area contributed by atoms with Crippen LogP contribution in [0.5, 0.6) is 0 Å². The van der Waals surface area contributed by atoms with E-state index in [2.05, 4.69) is 48.5 Å². The van der Waals surface area contributed by atoms with E-state index in [4.69, 9.17) is 0 Å². The molecule has 3 rings (SSSR count). The lowest BCUT2D eigenvalue weighted by molar-refractivity contribution is 0.480. The first-order chi connectivity index (χ1) is 8.29. The fourth-order valence-corrected chi connectivity index (χ4v) is 3.09. The number of para-hydroxylation sites is 1. The highest BCUT2D eigenvalue weighted by atomic mass is 15.2. The lowest BCUT2D eigenvalue weighted by atomic mass is 10.1. The molecule has 0 saturated heterocycles. The molecule has 1 aromatic carbocycles. The van der Waals surface area contributed by atoms with E-state index >= 15 is 0 Å². The highest BCUT2D eigenvalue weighted by molar-refractivity contribution is 5.59. The van der Waals surface area contributed by atoms with Gasteiger partial charge < -0.3 is 10.2 Å². The molecule has 2 heteroatoms. The van der Waals surface area contributed by atoms with Crippen LogP contribution in [0.25, 0.3) is 0 Å². The first-order valence-corrected chi connectivity index (χ1v) is 6.81. The van der Waals surface area contributed by atoms with Gasteiger partial charge in [-0.1, -0.05) is 18.2 Å². The Morgan fingerprint density at radius 3 is 2.82 bits per heavy atom. The van der Waals surface area contributed by atoms with E-state index in [0.29, 0.717) is 12.1 Å². The Morgan fingerprint density at radius 1 is 1.35 bits per heavy atom. The average Bonchev–Trinajstić information content (AvgIpc) is 3.12. The number of hydrogen-bond acceptors (Lipinski definition) is 2. The van der Waals surface area contributed by atoms with Crippen LogP contribution in [0.2, 0.25) is 0 Å². The standard InChI is InChI=1S/C15H22N2/c1-11-9-13-5-3-4-6-15(13)17(11)10-14(16-2)12-7-8-12/h3-6,11-12,14,16H,7-10H2,1-2H3. The van der Waals surface area contributed by atoms with Crippen molar-refractivity contribution in [3.63, 3.8) is 0 Å². The molecule has 0 bridgehead atoms. The minimum atomic E-state index is 0.655. The number of fused-ring (bicyclic) bond motifs is 1. The fraction of sp³-hybridized carbons (Fsp3) is 0.600. The van der Waals surface area contributed by atoms with Crippen LogP contribution in [0.15, 0.2) is 24.3 Å². The van der Waals surface area contributed by atoms with Crippen molar-refractivity contribution in [2.45, 2.75) is 38.3 Å². The molecule has 0 radical (unpaired) electrons. The molecule has 0 spiro atoms. The molecule has 2 nitrogen and oxygen atoms in total. The van der Waals surface area contributed by atoms with Crippen molar-refractivity contribution in [1.29, 1.82) is 0 Å². The summed E-state index contributed by atoms with van der Waals surface area (Å²) in [5.41, 5.74) is 2.98. The van der Waals surface area contributed by atoms with Crippen molar-refractivity contribution in [2.24, 2.45) is 5.92 Å². The van der Waals surface area contributed by atoms with Crippen LogP contribution >= 0.6 is 0 Å². The van der Waals surface area contributed by atoms with Gasteiger partial charge in [-0.05, 0) is 50.8 Å². The number of anilines is 1. The zero-order chi connectivity index (χ0) is 11.8. The maximum Gasteiger partial charge on any atom is 0.0402 e. The third-order valence-corrected chi connectivity index (χ3v) is 4.30. The lowest BCUT2D eigenvalue weighted by Crippen LogP contribution is -2.43. The SMILES string of the molecule is CNC(CN1c2ccccc2CC1C)C1CC1. The van der Waals surface area contributed by atoms with Gasteiger partial charge in [0, 0.05) is 24.3 Å². The predicted molar refractivity (Wildman–Crippen MR) is 72.5 cm³/mol. The average molecular weight is 230 g/mol. The number of nitrogens with one attached hydrogen (secondary N) is 1. The first-order valence-electron chi connectivity index (χ1n) is 6.81. The van der Waals surface area contributed by atoms with Crippen LogP contribution in [0.1, 0.15) is 25.3 Å². The van der Waals surface area contributed by atoms with Crippen molar-refractivity contribution < 1.29 is 0 Å². The molecule has 1 fully saturated rings. The van der Waals surface area contributed by atoms with E-state index in [-0.39, 0.29) is 0 Å². The van der Waals surface area contributed by atoms with Crippen molar-refractivity contribution in [3.05, 3.63) is 29.8 Å². The van der Waals surface area contributed by atoms with Crippen LogP contribution in [-0.4, -0.2) is 25.7 Å². The molecule has 2 aliphatic rings. The van der Waals surface area contributed by atoms with E-state index in [1.54, 1.807) is 0 Å². The van der Waals surface area contributed by atoms with Gasteiger partial charge in [0.2, 0.25) is 0 Å². The molecule has 0 amide bonds. The van der Waals surface area contributed by atoms with Crippen LogP contribution in [0.4, 0.5) is 5.69 Å². The molecule has 2 unspecified atom stereocenters. The van der Waals surface area contributed by atoms with Crippen molar-refractivity contribution in [1.82, 2.24) is 5.32 Å². The first kappa shape index (κ1) is 11.1. The van der Waals surface area contributed by atoms with Crippen LogP contribution in [0.3, 0.4) is 0 Å². The smallest absolute Gasteiger partial charge is 0.0402 e. The molecule has 1 heterocycles. The Balaban J connectivity index is 1.78. The van der Waals surface area contributed by atoms with Gasteiger partial charge in [-0.3, -0.25) is 0 Å². The Hall–Kier alpha value is -1.02. The third-order valence-electron chi connectivity index (χ3n) is 4.30. The van der Waals surface area contributed by atoms with E-state index in [1.807, 2.05) is 0 Å². The third kappa shape index (κ3) is 2.06. The van der Waals surface area contributed by atoms with Crippen LogP contribution < -0.4 is 10.2 Å². The predicted octanol–water partition coefficient (Wildman–Crippen LogP) is 2.44. The largest absolute Gasteiger partial charge is 0.367 e.